The van der Waals surface area contributed by atoms with Crippen molar-refractivity contribution < 1.29 is 0 Å². The van der Waals surface area contributed by atoms with Crippen LogP contribution in [0.1, 0.15) is 0 Å². The van der Waals surface area contributed by atoms with Crippen molar-refractivity contribution in [2.24, 2.45) is 0 Å². The lowest BCUT2D eigenvalue weighted by Crippen LogP contribution is -2.10. The topological polar surface area (TPSA) is 3.24 Å². The number of hydrogen-bond donors (Lipinski definition) is 0. The van der Waals surface area contributed by atoms with Crippen molar-refractivity contribution in [1.82, 2.24) is 0 Å². The third kappa shape index (κ3) is 5.13. The van der Waals surface area contributed by atoms with E-state index >= 15 is 0 Å². The van der Waals surface area contributed by atoms with Crippen LogP contribution in [0.5, 0.6) is 0 Å². The van der Waals surface area contributed by atoms with E-state index in [2.05, 4.69) is 193 Å². The minimum absolute atomic E-state index is 1.12. The van der Waals surface area contributed by atoms with Crippen molar-refractivity contribution in [3.8, 4) is 33.4 Å². The molecular weight excluding hydrogens is 599 g/mol. The van der Waals surface area contributed by atoms with E-state index in [1.54, 1.807) is 0 Å². The Labute approximate surface area is 284 Å². The van der Waals surface area contributed by atoms with Crippen molar-refractivity contribution >= 4 is 59.3 Å². The lowest BCUT2D eigenvalue weighted by atomic mass is 9.97. The summed E-state index contributed by atoms with van der Waals surface area (Å²) in [6, 6.07) is 68.2. The summed E-state index contributed by atoms with van der Waals surface area (Å²) in [5.41, 5.74) is 10.7. The Bertz CT molecular complexity index is 2560. The molecule has 0 bridgehead atoms. The SMILES string of the molecule is c1ccc(-c2cccc(-c3ccc(N(c4cccc(-c5cccc6ccccc56)c4)c4ccc5sc6ccccc6c5c4)cc3)c2)cc1. The number of rotatable bonds is 6. The molecule has 0 aliphatic carbocycles. The first-order valence-corrected chi connectivity index (χ1v) is 17.2. The van der Waals surface area contributed by atoms with Crippen molar-refractivity contribution in [3.63, 3.8) is 0 Å². The molecule has 0 spiro atoms. The van der Waals surface area contributed by atoms with Gasteiger partial charge in [-0.3, -0.25) is 0 Å². The second-order valence-electron chi connectivity index (χ2n) is 12.2. The molecule has 0 atom stereocenters. The smallest absolute Gasteiger partial charge is 0.0468 e. The number of thiophene rings is 1. The van der Waals surface area contributed by atoms with E-state index < -0.39 is 0 Å². The van der Waals surface area contributed by atoms with Gasteiger partial charge in [-0.1, -0.05) is 133 Å². The van der Waals surface area contributed by atoms with Crippen LogP contribution in [-0.2, 0) is 0 Å². The highest BCUT2D eigenvalue weighted by Gasteiger charge is 2.16. The zero-order chi connectivity index (χ0) is 31.9. The Balaban J connectivity index is 1.17. The van der Waals surface area contributed by atoms with E-state index in [-0.39, 0.29) is 0 Å². The lowest BCUT2D eigenvalue weighted by molar-refractivity contribution is 1.29. The molecule has 0 aliphatic rings. The van der Waals surface area contributed by atoms with Gasteiger partial charge in [-0.25, -0.2) is 0 Å². The summed E-state index contributed by atoms with van der Waals surface area (Å²) >= 11 is 1.86. The first kappa shape index (κ1) is 28.3. The van der Waals surface area contributed by atoms with Crippen LogP contribution in [0.3, 0.4) is 0 Å². The minimum atomic E-state index is 1.12. The van der Waals surface area contributed by atoms with Gasteiger partial charge in [0.15, 0.2) is 0 Å². The highest BCUT2D eigenvalue weighted by Crippen LogP contribution is 2.42. The Morgan fingerprint density at radius 3 is 1.75 bits per heavy atom. The molecule has 0 fully saturated rings. The summed E-state index contributed by atoms with van der Waals surface area (Å²) in [4.78, 5) is 2.39. The first-order valence-electron chi connectivity index (χ1n) is 16.3. The summed E-state index contributed by atoms with van der Waals surface area (Å²) in [7, 11) is 0. The summed E-state index contributed by atoms with van der Waals surface area (Å²) in [6.07, 6.45) is 0. The quantitative estimate of drug-likeness (QED) is 0.177. The Morgan fingerprint density at radius 1 is 0.312 bits per heavy atom. The van der Waals surface area contributed by atoms with Gasteiger partial charge in [-0.2, -0.15) is 0 Å². The maximum absolute atomic E-state index is 2.39. The predicted molar refractivity (Wildman–Crippen MR) is 208 cm³/mol. The van der Waals surface area contributed by atoms with Crippen LogP contribution >= 0.6 is 11.3 Å². The normalized spacial score (nSPS) is 11.3. The van der Waals surface area contributed by atoms with E-state index in [1.165, 1.54) is 64.3 Å². The summed E-state index contributed by atoms with van der Waals surface area (Å²) in [6.45, 7) is 0. The highest BCUT2D eigenvalue weighted by molar-refractivity contribution is 7.25. The fraction of sp³-hybridized carbons (Fsp3) is 0. The third-order valence-corrected chi connectivity index (χ3v) is 10.4. The molecule has 1 aromatic heterocycles. The second-order valence-corrected chi connectivity index (χ2v) is 13.3. The summed E-state index contributed by atoms with van der Waals surface area (Å²) in [5, 5.41) is 5.10. The van der Waals surface area contributed by atoms with Crippen LogP contribution in [0.2, 0.25) is 0 Å². The number of fused-ring (bicyclic) bond motifs is 4. The van der Waals surface area contributed by atoms with Crippen molar-refractivity contribution in [3.05, 3.63) is 188 Å². The molecule has 8 aromatic carbocycles. The molecular formula is C46H31NS. The maximum Gasteiger partial charge on any atom is 0.0468 e. The second kappa shape index (κ2) is 12.0. The fourth-order valence-electron chi connectivity index (χ4n) is 6.90. The number of benzene rings is 8. The molecule has 48 heavy (non-hydrogen) atoms. The zero-order valence-corrected chi connectivity index (χ0v) is 27.1. The van der Waals surface area contributed by atoms with Gasteiger partial charge in [-0.05, 0) is 98.8 Å². The summed E-state index contributed by atoms with van der Waals surface area (Å²) < 4.78 is 2.62. The van der Waals surface area contributed by atoms with Crippen molar-refractivity contribution in [2.45, 2.75) is 0 Å². The van der Waals surface area contributed by atoms with Gasteiger partial charge in [0.25, 0.3) is 0 Å². The van der Waals surface area contributed by atoms with Gasteiger partial charge in [0.2, 0.25) is 0 Å². The largest absolute Gasteiger partial charge is 0.310 e. The van der Waals surface area contributed by atoms with Crippen LogP contribution in [0.25, 0.3) is 64.3 Å². The van der Waals surface area contributed by atoms with Crippen LogP contribution in [0.4, 0.5) is 17.1 Å². The lowest BCUT2D eigenvalue weighted by Gasteiger charge is -2.26. The maximum atomic E-state index is 2.39. The molecule has 0 aliphatic heterocycles. The van der Waals surface area contributed by atoms with Gasteiger partial charge in [0.1, 0.15) is 0 Å². The third-order valence-electron chi connectivity index (χ3n) is 9.25. The van der Waals surface area contributed by atoms with Crippen LogP contribution in [-0.4, -0.2) is 0 Å². The fourth-order valence-corrected chi connectivity index (χ4v) is 7.99. The first-order chi connectivity index (χ1) is 23.8. The Hall–Kier alpha value is -5.96. The highest BCUT2D eigenvalue weighted by atomic mass is 32.1. The van der Waals surface area contributed by atoms with E-state index in [1.807, 2.05) is 11.3 Å². The molecule has 1 heterocycles. The van der Waals surface area contributed by atoms with E-state index in [0.29, 0.717) is 0 Å². The van der Waals surface area contributed by atoms with Gasteiger partial charge in [0, 0.05) is 37.2 Å². The monoisotopic (exact) mass is 629 g/mol. The Kier molecular flexibility index (Phi) is 7.07. The van der Waals surface area contributed by atoms with E-state index in [9.17, 15) is 0 Å². The predicted octanol–water partition coefficient (Wildman–Crippen LogP) is 13.7. The summed E-state index contributed by atoms with van der Waals surface area (Å²) in [5.74, 6) is 0. The van der Waals surface area contributed by atoms with E-state index in [4.69, 9.17) is 0 Å². The van der Waals surface area contributed by atoms with Crippen molar-refractivity contribution in [1.29, 1.82) is 0 Å². The van der Waals surface area contributed by atoms with Gasteiger partial charge >= 0.3 is 0 Å². The molecule has 0 amide bonds. The number of hydrogen-bond acceptors (Lipinski definition) is 2. The Morgan fingerprint density at radius 2 is 0.896 bits per heavy atom. The van der Waals surface area contributed by atoms with Crippen LogP contribution in [0.15, 0.2) is 188 Å². The molecule has 9 rings (SSSR count). The van der Waals surface area contributed by atoms with Gasteiger partial charge in [0.05, 0.1) is 0 Å². The molecule has 0 saturated heterocycles. The number of nitrogens with zero attached hydrogens (tertiary/aromatic N) is 1. The average Bonchev–Trinajstić information content (AvgIpc) is 3.54. The molecule has 0 unspecified atom stereocenters. The molecule has 9 aromatic rings. The van der Waals surface area contributed by atoms with Crippen LogP contribution in [0, 0.1) is 0 Å². The number of anilines is 3. The molecule has 2 heteroatoms. The van der Waals surface area contributed by atoms with Gasteiger partial charge < -0.3 is 4.90 Å². The average molecular weight is 630 g/mol. The minimum Gasteiger partial charge on any atom is -0.310 e. The zero-order valence-electron chi connectivity index (χ0n) is 26.3. The molecule has 1 nitrogen and oxygen atoms in total. The molecule has 226 valence electrons. The van der Waals surface area contributed by atoms with Crippen LogP contribution < -0.4 is 4.90 Å². The van der Waals surface area contributed by atoms with E-state index in [0.717, 1.165) is 17.1 Å². The van der Waals surface area contributed by atoms with Gasteiger partial charge in [-0.15, -0.1) is 11.3 Å². The molecule has 0 saturated carbocycles. The van der Waals surface area contributed by atoms with Crippen molar-refractivity contribution in [2.75, 3.05) is 4.90 Å². The standard InChI is InChI=1S/C46H31NS/c1-2-11-32(12-3-1)35-15-8-16-36(29-35)33-23-25-38(26-24-33)47(40-27-28-46-44(31-40)43-20-6-7-22-45(43)48-46)39-18-9-17-37(30-39)42-21-10-14-34-13-4-5-19-41(34)42/h1-31H. The molecule has 0 N–H and O–H groups in total. The molecule has 0 radical (unpaired) electrons.